The lowest BCUT2D eigenvalue weighted by Gasteiger charge is -2.06. The summed E-state index contributed by atoms with van der Waals surface area (Å²) in [5.41, 5.74) is 0.353. The standard InChI is InChI=1S/C18H18FN5O/c1-12(2)10-15-22-17(24(23-15)16-8-3-4-9-20-16)18(25)21-14-7-5-6-13(19)11-14/h3-9,11-12H,10H2,1-2H3,(H,21,25). The Morgan fingerprint density at radius 2 is 2.08 bits per heavy atom. The van der Waals surface area contributed by atoms with Crippen LogP contribution in [0.25, 0.3) is 5.82 Å². The van der Waals surface area contributed by atoms with Crippen molar-refractivity contribution in [1.82, 2.24) is 19.7 Å². The van der Waals surface area contributed by atoms with E-state index in [4.69, 9.17) is 0 Å². The number of amides is 1. The van der Waals surface area contributed by atoms with Gasteiger partial charge in [0.05, 0.1) is 0 Å². The molecule has 0 saturated heterocycles. The lowest BCUT2D eigenvalue weighted by molar-refractivity contribution is 0.101. The summed E-state index contributed by atoms with van der Waals surface area (Å²) in [4.78, 5) is 21.2. The SMILES string of the molecule is CC(C)Cc1nc(C(=O)Nc2cccc(F)c2)n(-c2ccccn2)n1. The van der Waals surface area contributed by atoms with Crippen molar-refractivity contribution >= 4 is 11.6 Å². The molecule has 1 amide bonds. The molecule has 0 radical (unpaired) electrons. The molecule has 0 aliphatic rings. The maximum absolute atomic E-state index is 13.3. The average Bonchev–Trinajstić information content (AvgIpc) is 2.99. The molecule has 3 rings (SSSR count). The molecule has 1 aromatic carbocycles. The van der Waals surface area contributed by atoms with Crippen LogP contribution < -0.4 is 5.32 Å². The largest absolute Gasteiger partial charge is 0.319 e. The van der Waals surface area contributed by atoms with Crippen molar-refractivity contribution in [3.63, 3.8) is 0 Å². The van der Waals surface area contributed by atoms with Gasteiger partial charge in [-0.05, 0) is 36.2 Å². The van der Waals surface area contributed by atoms with Crippen LogP contribution in [0.4, 0.5) is 10.1 Å². The maximum atomic E-state index is 13.3. The van der Waals surface area contributed by atoms with Crippen molar-refractivity contribution in [3.8, 4) is 5.82 Å². The molecule has 25 heavy (non-hydrogen) atoms. The fraction of sp³-hybridized carbons (Fsp3) is 0.222. The lowest BCUT2D eigenvalue weighted by atomic mass is 10.1. The predicted octanol–water partition coefficient (Wildman–Crippen LogP) is 3.25. The topological polar surface area (TPSA) is 72.7 Å². The molecule has 2 aromatic heterocycles. The minimum atomic E-state index is -0.473. The molecule has 0 aliphatic heterocycles. The first-order valence-electron chi connectivity index (χ1n) is 7.97. The van der Waals surface area contributed by atoms with Gasteiger partial charge in [-0.2, -0.15) is 4.68 Å². The van der Waals surface area contributed by atoms with Crippen LogP contribution >= 0.6 is 0 Å². The lowest BCUT2D eigenvalue weighted by Crippen LogP contribution is -2.18. The van der Waals surface area contributed by atoms with E-state index in [1.165, 1.54) is 22.9 Å². The normalized spacial score (nSPS) is 10.9. The zero-order valence-corrected chi connectivity index (χ0v) is 14.0. The minimum absolute atomic E-state index is 0.110. The quantitative estimate of drug-likeness (QED) is 0.774. The highest BCUT2D eigenvalue weighted by Crippen LogP contribution is 2.14. The second-order valence-corrected chi connectivity index (χ2v) is 6.01. The predicted molar refractivity (Wildman–Crippen MR) is 92.0 cm³/mol. The van der Waals surface area contributed by atoms with Crippen molar-refractivity contribution in [2.45, 2.75) is 20.3 Å². The summed E-state index contributed by atoms with van der Waals surface area (Å²) < 4.78 is 14.7. The van der Waals surface area contributed by atoms with Crippen molar-refractivity contribution < 1.29 is 9.18 Å². The smallest absolute Gasteiger partial charge is 0.293 e. The van der Waals surface area contributed by atoms with Crippen LogP contribution in [0.5, 0.6) is 0 Å². The van der Waals surface area contributed by atoms with Crippen molar-refractivity contribution in [2.75, 3.05) is 5.32 Å². The van der Waals surface area contributed by atoms with E-state index in [0.717, 1.165) is 0 Å². The molecule has 0 spiro atoms. The zero-order valence-electron chi connectivity index (χ0n) is 14.0. The van der Waals surface area contributed by atoms with E-state index < -0.39 is 11.7 Å². The summed E-state index contributed by atoms with van der Waals surface area (Å²) in [6.45, 7) is 4.10. The Labute approximate surface area is 144 Å². The third kappa shape index (κ3) is 4.06. The van der Waals surface area contributed by atoms with Gasteiger partial charge < -0.3 is 5.32 Å². The molecule has 3 aromatic rings. The van der Waals surface area contributed by atoms with Crippen LogP contribution in [0, 0.1) is 11.7 Å². The van der Waals surface area contributed by atoms with E-state index in [0.29, 0.717) is 29.7 Å². The Hall–Kier alpha value is -3.09. The van der Waals surface area contributed by atoms with Crippen molar-refractivity contribution in [2.24, 2.45) is 5.92 Å². The molecule has 7 heteroatoms. The molecule has 0 atom stereocenters. The number of pyridine rings is 1. The average molecular weight is 339 g/mol. The van der Waals surface area contributed by atoms with Crippen LogP contribution in [-0.2, 0) is 6.42 Å². The highest BCUT2D eigenvalue weighted by Gasteiger charge is 2.20. The molecule has 6 nitrogen and oxygen atoms in total. The molecule has 1 N–H and O–H groups in total. The first-order chi connectivity index (χ1) is 12.0. The van der Waals surface area contributed by atoms with Gasteiger partial charge in [0.15, 0.2) is 11.6 Å². The molecule has 0 saturated carbocycles. The van der Waals surface area contributed by atoms with Gasteiger partial charge in [-0.1, -0.05) is 26.0 Å². The van der Waals surface area contributed by atoms with Crippen molar-refractivity contribution in [3.05, 3.63) is 66.1 Å². The third-order valence-electron chi connectivity index (χ3n) is 3.39. The Balaban J connectivity index is 1.95. The fourth-order valence-electron chi connectivity index (χ4n) is 2.35. The molecule has 128 valence electrons. The van der Waals surface area contributed by atoms with E-state index in [9.17, 15) is 9.18 Å². The molecule has 0 aliphatic carbocycles. The summed E-state index contributed by atoms with van der Waals surface area (Å²) in [7, 11) is 0. The highest BCUT2D eigenvalue weighted by molar-refractivity contribution is 6.02. The minimum Gasteiger partial charge on any atom is -0.319 e. The number of benzene rings is 1. The summed E-state index contributed by atoms with van der Waals surface area (Å²) in [6.07, 6.45) is 2.26. The van der Waals surface area contributed by atoms with E-state index in [1.54, 1.807) is 30.5 Å². The van der Waals surface area contributed by atoms with E-state index in [2.05, 4.69) is 20.4 Å². The van der Waals surface area contributed by atoms with Gasteiger partial charge in [0.1, 0.15) is 5.82 Å². The Kier molecular flexibility index (Phi) is 4.83. The third-order valence-corrected chi connectivity index (χ3v) is 3.39. The summed E-state index contributed by atoms with van der Waals surface area (Å²) >= 11 is 0. The first kappa shape index (κ1) is 16.8. The number of nitrogens with one attached hydrogen (secondary N) is 1. The van der Waals surface area contributed by atoms with Crippen molar-refractivity contribution in [1.29, 1.82) is 0 Å². The summed E-state index contributed by atoms with van der Waals surface area (Å²) in [5.74, 6) is 0.611. The Bertz CT molecular complexity index is 876. The number of hydrogen-bond acceptors (Lipinski definition) is 4. The number of hydrogen-bond donors (Lipinski definition) is 1. The number of aromatic nitrogens is 4. The first-order valence-corrected chi connectivity index (χ1v) is 7.97. The molecule has 0 unspecified atom stereocenters. The van der Waals surface area contributed by atoms with Crippen LogP contribution in [0.15, 0.2) is 48.7 Å². The van der Waals surface area contributed by atoms with Gasteiger partial charge in [-0.3, -0.25) is 4.79 Å². The van der Waals surface area contributed by atoms with Gasteiger partial charge in [0.25, 0.3) is 5.91 Å². The molecule has 0 bridgehead atoms. The molecule has 0 fully saturated rings. The number of carbonyl (C=O) groups is 1. The van der Waals surface area contributed by atoms with Gasteiger partial charge in [0.2, 0.25) is 5.82 Å². The second-order valence-electron chi connectivity index (χ2n) is 6.01. The highest BCUT2D eigenvalue weighted by atomic mass is 19.1. The van der Waals surface area contributed by atoms with E-state index >= 15 is 0 Å². The fourth-order valence-corrected chi connectivity index (χ4v) is 2.35. The monoisotopic (exact) mass is 339 g/mol. The second kappa shape index (κ2) is 7.21. The summed E-state index contributed by atoms with van der Waals surface area (Å²) in [6, 6.07) is 11.0. The number of nitrogens with zero attached hydrogens (tertiary/aromatic N) is 4. The maximum Gasteiger partial charge on any atom is 0.293 e. The number of halogens is 1. The molecule has 2 heterocycles. The molecular formula is C18H18FN5O. The van der Waals surface area contributed by atoms with Crippen LogP contribution in [0.2, 0.25) is 0 Å². The van der Waals surface area contributed by atoms with E-state index in [1.807, 2.05) is 13.8 Å². The van der Waals surface area contributed by atoms with E-state index in [-0.39, 0.29) is 5.82 Å². The van der Waals surface area contributed by atoms with Gasteiger partial charge in [-0.25, -0.2) is 14.4 Å². The van der Waals surface area contributed by atoms with Gasteiger partial charge >= 0.3 is 0 Å². The van der Waals surface area contributed by atoms with Gasteiger partial charge in [0, 0.05) is 18.3 Å². The van der Waals surface area contributed by atoms with Crippen LogP contribution in [0.3, 0.4) is 0 Å². The van der Waals surface area contributed by atoms with Crippen LogP contribution in [0.1, 0.15) is 30.3 Å². The van der Waals surface area contributed by atoms with Crippen LogP contribution in [-0.4, -0.2) is 25.7 Å². The zero-order chi connectivity index (χ0) is 17.8. The van der Waals surface area contributed by atoms with Gasteiger partial charge in [-0.15, -0.1) is 5.10 Å². The number of rotatable bonds is 5. The number of carbonyl (C=O) groups excluding carboxylic acids is 1. The Morgan fingerprint density at radius 3 is 2.76 bits per heavy atom. The number of anilines is 1. The Morgan fingerprint density at radius 1 is 1.24 bits per heavy atom. The molecular weight excluding hydrogens is 321 g/mol. The summed E-state index contributed by atoms with van der Waals surface area (Å²) in [5, 5.41) is 7.05.